The molecule has 1 N–H and O–H groups in total. The molecule has 8 heteroatoms. The number of hydrogen-bond acceptors (Lipinski definition) is 7. The Morgan fingerprint density at radius 2 is 1.61 bits per heavy atom. The number of nitrogens with one attached hydrogen (secondary N) is 1. The molecule has 1 amide bonds. The van der Waals surface area contributed by atoms with Gasteiger partial charge in [-0.25, -0.2) is 9.97 Å². The summed E-state index contributed by atoms with van der Waals surface area (Å²) in [6.07, 6.45) is 7.06. The van der Waals surface area contributed by atoms with Crippen LogP contribution in [0.1, 0.15) is 43.0 Å². The van der Waals surface area contributed by atoms with E-state index in [1.807, 2.05) is 60.9 Å². The maximum absolute atomic E-state index is 12.8. The predicted octanol–water partition coefficient (Wildman–Crippen LogP) is 5.24. The van der Waals surface area contributed by atoms with Gasteiger partial charge in [0.2, 0.25) is 0 Å². The lowest BCUT2D eigenvalue weighted by atomic mass is 9.99. The number of anilines is 3. The number of carbonyl (C=O) groups excluding carboxylic acids is 2. The van der Waals surface area contributed by atoms with Crippen molar-refractivity contribution in [2.24, 2.45) is 0 Å². The van der Waals surface area contributed by atoms with E-state index in [1.165, 1.54) is 11.8 Å². The van der Waals surface area contributed by atoms with E-state index in [-0.39, 0.29) is 5.91 Å². The van der Waals surface area contributed by atoms with Crippen LogP contribution in [0.25, 0.3) is 0 Å². The molecule has 3 heterocycles. The molecule has 2 saturated heterocycles. The molecule has 1 radical (unpaired) electrons. The monoisotopic (exact) mass is 500 g/mol. The summed E-state index contributed by atoms with van der Waals surface area (Å²) in [6.45, 7) is 5.68. The molecule has 0 aliphatic carbocycles. The quantitative estimate of drug-likeness (QED) is 0.496. The standard InChI is InChI=1S/C28H30N5O2S/c1-20-9-13-33(14-10-20)26-18-30-27(19-29-26)36-25-4-2-3-22(17-25)31-28(35)21-5-7-23(8-6-21)32-15-11-24(34)12-16-32/h2-8,17-19H,9-16H2,1H3,(H,31,35). The largest absolute Gasteiger partial charge is 0.371 e. The molecular weight excluding hydrogens is 470 g/mol. The van der Waals surface area contributed by atoms with Crippen molar-refractivity contribution >= 4 is 40.6 Å². The van der Waals surface area contributed by atoms with Crippen LogP contribution in [0.5, 0.6) is 0 Å². The number of rotatable bonds is 6. The van der Waals surface area contributed by atoms with Crippen molar-refractivity contribution in [3.63, 3.8) is 0 Å². The van der Waals surface area contributed by atoms with Gasteiger partial charge in [0.1, 0.15) is 16.6 Å². The van der Waals surface area contributed by atoms with Gasteiger partial charge in [0.15, 0.2) is 0 Å². The summed E-state index contributed by atoms with van der Waals surface area (Å²) < 4.78 is 0. The Balaban J connectivity index is 1.18. The van der Waals surface area contributed by atoms with Gasteiger partial charge < -0.3 is 15.1 Å². The topological polar surface area (TPSA) is 78.4 Å². The highest BCUT2D eigenvalue weighted by Crippen LogP contribution is 2.29. The average Bonchev–Trinajstić information content (AvgIpc) is 2.90. The molecule has 2 fully saturated rings. The van der Waals surface area contributed by atoms with Crippen LogP contribution in [-0.2, 0) is 4.79 Å². The first kappa shape index (κ1) is 24.3. The van der Waals surface area contributed by atoms with E-state index in [9.17, 15) is 9.59 Å². The normalized spacial score (nSPS) is 16.8. The number of carbonyl (C=O) groups is 2. The number of hydrogen-bond donors (Lipinski definition) is 1. The summed E-state index contributed by atoms with van der Waals surface area (Å²) in [5, 5.41) is 3.81. The Morgan fingerprint density at radius 3 is 2.31 bits per heavy atom. The van der Waals surface area contributed by atoms with E-state index < -0.39 is 0 Å². The number of amides is 1. The van der Waals surface area contributed by atoms with Crippen molar-refractivity contribution in [2.45, 2.75) is 42.5 Å². The molecule has 36 heavy (non-hydrogen) atoms. The van der Waals surface area contributed by atoms with Crippen molar-refractivity contribution in [1.82, 2.24) is 9.97 Å². The predicted molar refractivity (Wildman–Crippen MR) is 144 cm³/mol. The third-order valence-corrected chi connectivity index (χ3v) is 7.60. The highest BCUT2D eigenvalue weighted by molar-refractivity contribution is 7.99. The fourth-order valence-electron chi connectivity index (χ4n) is 4.44. The number of piperidine rings is 2. The van der Waals surface area contributed by atoms with Gasteiger partial charge in [0, 0.05) is 60.9 Å². The first-order valence-electron chi connectivity index (χ1n) is 12.4. The van der Waals surface area contributed by atoms with Crippen molar-refractivity contribution in [1.29, 1.82) is 0 Å². The summed E-state index contributed by atoms with van der Waals surface area (Å²) in [5.74, 6) is 2.63. The van der Waals surface area contributed by atoms with Gasteiger partial charge in [-0.3, -0.25) is 9.59 Å². The molecule has 185 valence electrons. The van der Waals surface area contributed by atoms with E-state index in [2.05, 4.69) is 32.0 Å². The fraction of sp³-hybridized carbons (Fsp3) is 0.321. The average molecular weight is 501 g/mol. The Hall–Kier alpha value is -3.39. The molecule has 0 unspecified atom stereocenters. The highest BCUT2D eigenvalue weighted by Gasteiger charge is 2.18. The number of Topliss-reactive ketones (excluding diaryl/α,β-unsaturated/α-hetero) is 1. The summed E-state index contributed by atoms with van der Waals surface area (Å²) in [7, 11) is 0. The van der Waals surface area contributed by atoms with E-state index in [0.717, 1.165) is 66.1 Å². The van der Waals surface area contributed by atoms with Crippen molar-refractivity contribution in [2.75, 3.05) is 41.3 Å². The number of benzene rings is 2. The molecule has 5 rings (SSSR count). The Labute approximate surface area is 216 Å². The summed E-state index contributed by atoms with van der Waals surface area (Å²) in [4.78, 5) is 39.0. The third kappa shape index (κ3) is 6.05. The van der Waals surface area contributed by atoms with E-state index >= 15 is 0 Å². The van der Waals surface area contributed by atoms with E-state index in [4.69, 9.17) is 0 Å². The molecule has 2 aromatic carbocycles. The zero-order valence-electron chi connectivity index (χ0n) is 20.4. The molecule has 0 saturated carbocycles. The molecule has 2 aliphatic rings. The second-order valence-electron chi connectivity index (χ2n) is 9.31. The second-order valence-corrected chi connectivity index (χ2v) is 10.4. The Morgan fingerprint density at radius 1 is 0.889 bits per heavy atom. The minimum absolute atomic E-state index is 0.157. The molecule has 1 aromatic heterocycles. The molecule has 0 atom stereocenters. The molecular formula is C28H30N5O2S. The van der Waals surface area contributed by atoms with Gasteiger partial charge in [-0.05, 0) is 61.2 Å². The van der Waals surface area contributed by atoms with E-state index in [1.54, 1.807) is 5.92 Å². The lowest BCUT2D eigenvalue weighted by molar-refractivity contribution is -0.119. The number of nitrogens with zero attached hydrogens (tertiary/aromatic N) is 4. The Kier molecular flexibility index (Phi) is 7.51. The number of aromatic nitrogens is 2. The lowest BCUT2D eigenvalue weighted by Gasteiger charge is -2.30. The molecule has 3 aromatic rings. The number of ketones is 1. The van der Waals surface area contributed by atoms with Crippen LogP contribution in [-0.4, -0.2) is 47.8 Å². The fourth-order valence-corrected chi connectivity index (χ4v) is 5.23. The van der Waals surface area contributed by atoms with Crippen molar-refractivity contribution in [3.8, 4) is 0 Å². The minimum Gasteiger partial charge on any atom is -0.371 e. The van der Waals surface area contributed by atoms with Gasteiger partial charge in [-0.1, -0.05) is 24.8 Å². The molecule has 2 aliphatic heterocycles. The second kappa shape index (κ2) is 11.1. The molecule has 7 nitrogen and oxygen atoms in total. The lowest BCUT2D eigenvalue weighted by Crippen LogP contribution is -2.33. The maximum Gasteiger partial charge on any atom is 0.255 e. The van der Waals surface area contributed by atoms with Gasteiger partial charge in [0.25, 0.3) is 5.91 Å². The van der Waals surface area contributed by atoms with Crippen LogP contribution in [0.2, 0.25) is 0 Å². The first-order valence-corrected chi connectivity index (χ1v) is 13.2. The van der Waals surface area contributed by atoms with Gasteiger partial charge in [-0.15, -0.1) is 0 Å². The SMILES string of the molecule is C[C]1CCN(c2cnc(Sc3cccc(NC(=O)c4ccc(N5CCC(=O)CC5)cc4)c3)cn2)CC1. The minimum atomic E-state index is -0.157. The van der Waals surface area contributed by atoms with Gasteiger partial charge >= 0.3 is 0 Å². The van der Waals surface area contributed by atoms with Crippen molar-refractivity contribution < 1.29 is 9.59 Å². The molecule has 0 bridgehead atoms. The van der Waals surface area contributed by atoms with Crippen LogP contribution >= 0.6 is 11.8 Å². The summed E-state index contributed by atoms with van der Waals surface area (Å²) >= 11 is 1.52. The smallest absolute Gasteiger partial charge is 0.255 e. The highest BCUT2D eigenvalue weighted by atomic mass is 32.2. The summed E-state index contributed by atoms with van der Waals surface area (Å²) in [6, 6.07) is 15.3. The van der Waals surface area contributed by atoms with Crippen LogP contribution in [0.4, 0.5) is 17.2 Å². The summed E-state index contributed by atoms with van der Waals surface area (Å²) in [5.41, 5.74) is 2.36. The third-order valence-electron chi connectivity index (χ3n) is 6.69. The van der Waals surface area contributed by atoms with Crippen LogP contribution < -0.4 is 15.1 Å². The maximum atomic E-state index is 12.8. The first-order chi connectivity index (χ1) is 17.5. The van der Waals surface area contributed by atoms with Crippen LogP contribution in [0.15, 0.2) is 70.8 Å². The van der Waals surface area contributed by atoms with Crippen LogP contribution in [0.3, 0.4) is 0 Å². The zero-order valence-corrected chi connectivity index (χ0v) is 21.3. The van der Waals surface area contributed by atoms with Gasteiger partial charge in [-0.2, -0.15) is 0 Å². The van der Waals surface area contributed by atoms with Gasteiger partial charge in [0.05, 0.1) is 12.4 Å². The van der Waals surface area contributed by atoms with Crippen LogP contribution in [0, 0.1) is 5.92 Å². The molecule has 0 spiro atoms. The van der Waals surface area contributed by atoms with Crippen molar-refractivity contribution in [3.05, 3.63) is 72.4 Å². The Bertz CT molecular complexity index is 1200. The van der Waals surface area contributed by atoms with E-state index in [0.29, 0.717) is 24.2 Å². The zero-order chi connectivity index (χ0) is 24.9.